The van der Waals surface area contributed by atoms with E-state index in [1.807, 2.05) is 49.6 Å². The van der Waals surface area contributed by atoms with E-state index in [1.165, 1.54) is 12.1 Å². The Balaban J connectivity index is 1.68. The molecule has 3 heterocycles. The molecule has 3 aromatic heterocycles. The fourth-order valence-corrected chi connectivity index (χ4v) is 3.96. The molecule has 0 aliphatic rings. The van der Waals surface area contributed by atoms with Crippen LogP contribution in [0, 0.1) is 6.92 Å². The summed E-state index contributed by atoms with van der Waals surface area (Å²) in [5.41, 5.74) is 4.49. The van der Waals surface area contributed by atoms with Crippen LogP contribution in [0.15, 0.2) is 79.4 Å². The van der Waals surface area contributed by atoms with Gasteiger partial charge >= 0.3 is 6.18 Å². The van der Waals surface area contributed by atoms with Gasteiger partial charge in [0.15, 0.2) is 0 Å². The average molecular weight is 403 g/mol. The van der Waals surface area contributed by atoms with Crippen LogP contribution in [0.1, 0.15) is 11.1 Å². The summed E-state index contributed by atoms with van der Waals surface area (Å²) in [4.78, 5) is 8.47. The lowest BCUT2D eigenvalue weighted by Gasteiger charge is -2.13. The maximum atomic E-state index is 13.1. The van der Waals surface area contributed by atoms with Gasteiger partial charge in [0, 0.05) is 41.2 Å². The Labute approximate surface area is 170 Å². The summed E-state index contributed by atoms with van der Waals surface area (Å²) in [5.74, 6) is 0. The van der Waals surface area contributed by atoms with Crippen molar-refractivity contribution in [2.45, 2.75) is 13.1 Å². The molecule has 0 amide bonds. The second kappa shape index (κ2) is 6.69. The molecule has 6 heteroatoms. The minimum atomic E-state index is -4.37. The summed E-state index contributed by atoms with van der Waals surface area (Å²) >= 11 is 0. The minimum absolute atomic E-state index is 0.546. The number of alkyl halides is 3. The Morgan fingerprint density at radius 1 is 0.800 bits per heavy atom. The first-order chi connectivity index (χ1) is 14.4. The van der Waals surface area contributed by atoms with E-state index >= 15 is 0 Å². The number of benzene rings is 2. The number of aryl methyl sites for hydroxylation is 1. The van der Waals surface area contributed by atoms with Crippen molar-refractivity contribution in [1.82, 2.24) is 14.5 Å². The van der Waals surface area contributed by atoms with E-state index in [1.54, 1.807) is 18.5 Å². The molecule has 148 valence electrons. The summed E-state index contributed by atoms with van der Waals surface area (Å²) in [6, 6.07) is 15.1. The molecule has 2 aromatic carbocycles. The quantitative estimate of drug-likeness (QED) is 0.334. The Kier molecular flexibility index (Phi) is 4.10. The summed E-state index contributed by atoms with van der Waals surface area (Å²) in [7, 11) is 0. The molecule has 0 radical (unpaired) electrons. The number of aromatic nitrogens is 3. The van der Waals surface area contributed by atoms with E-state index in [0.29, 0.717) is 5.56 Å². The van der Waals surface area contributed by atoms with E-state index in [-0.39, 0.29) is 0 Å². The molecular formula is C24H16F3N3. The summed E-state index contributed by atoms with van der Waals surface area (Å²) in [5, 5.41) is 2.00. The fourth-order valence-electron chi connectivity index (χ4n) is 3.96. The molecule has 0 bridgehead atoms. The molecule has 0 aliphatic carbocycles. The second-order valence-corrected chi connectivity index (χ2v) is 7.20. The first kappa shape index (κ1) is 18.4. The second-order valence-electron chi connectivity index (χ2n) is 7.20. The average Bonchev–Trinajstić information content (AvgIpc) is 3.08. The SMILES string of the molecule is Cc1cc(-n2c3ccncc3c3cnccc32)ccc1-c1cccc(C(F)(F)F)c1. The largest absolute Gasteiger partial charge is 0.416 e. The third kappa shape index (κ3) is 2.92. The topological polar surface area (TPSA) is 30.7 Å². The van der Waals surface area contributed by atoms with Crippen LogP contribution in [0.4, 0.5) is 13.2 Å². The molecule has 0 aliphatic heterocycles. The van der Waals surface area contributed by atoms with Crippen molar-refractivity contribution < 1.29 is 13.2 Å². The lowest BCUT2D eigenvalue weighted by molar-refractivity contribution is -0.137. The molecule has 5 aromatic rings. The first-order valence-electron chi connectivity index (χ1n) is 9.40. The van der Waals surface area contributed by atoms with Crippen LogP contribution in [-0.4, -0.2) is 14.5 Å². The Bertz CT molecular complexity index is 1350. The number of hydrogen-bond donors (Lipinski definition) is 0. The molecule has 0 N–H and O–H groups in total. The third-order valence-electron chi connectivity index (χ3n) is 5.34. The summed E-state index contributed by atoms with van der Waals surface area (Å²) in [6.45, 7) is 1.91. The maximum Gasteiger partial charge on any atom is 0.416 e. The van der Waals surface area contributed by atoms with Gasteiger partial charge in [-0.05, 0) is 60.0 Å². The lowest BCUT2D eigenvalue weighted by Crippen LogP contribution is -2.04. The van der Waals surface area contributed by atoms with E-state index in [2.05, 4.69) is 14.5 Å². The predicted octanol–water partition coefficient (Wildman–Crippen LogP) is 6.57. The van der Waals surface area contributed by atoms with Gasteiger partial charge in [0.05, 0.1) is 16.6 Å². The van der Waals surface area contributed by atoms with Crippen molar-refractivity contribution in [2.24, 2.45) is 0 Å². The smallest absolute Gasteiger partial charge is 0.309 e. The first-order valence-corrected chi connectivity index (χ1v) is 9.40. The highest BCUT2D eigenvalue weighted by Crippen LogP contribution is 2.35. The van der Waals surface area contributed by atoms with Crippen LogP contribution < -0.4 is 0 Å². The van der Waals surface area contributed by atoms with Gasteiger partial charge in [-0.15, -0.1) is 0 Å². The van der Waals surface area contributed by atoms with E-state index < -0.39 is 11.7 Å². The van der Waals surface area contributed by atoms with Gasteiger partial charge in [-0.1, -0.05) is 18.2 Å². The molecule has 0 saturated heterocycles. The Morgan fingerprint density at radius 2 is 1.47 bits per heavy atom. The van der Waals surface area contributed by atoms with Crippen molar-refractivity contribution in [3.05, 3.63) is 90.5 Å². The highest BCUT2D eigenvalue weighted by molar-refractivity contribution is 6.08. The van der Waals surface area contributed by atoms with Crippen molar-refractivity contribution in [2.75, 3.05) is 0 Å². The Morgan fingerprint density at radius 3 is 2.07 bits per heavy atom. The van der Waals surface area contributed by atoms with Crippen molar-refractivity contribution in [3.63, 3.8) is 0 Å². The van der Waals surface area contributed by atoms with E-state index in [4.69, 9.17) is 0 Å². The molecule has 0 unspecified atom stereocenters. The number of fused-ring (bicyclic) bond motifs is 3. The van der Waals surface area contributed by atoms with Crippen LogP contribution >= 0.6 is 0 Å². The standard InChI is InChI=1S/C24H16F3N3/c1-15-11-18(5-6-19(15)16-3-2-4-17(12-16)24(25,26)27)30-22-7-9-28-13-20(22)21-14-29-10-8-23(21)30/h2-14H,1H3. The molecule has 0 spiro atoms. The van der Waals surface area contributed by atoms with Crippen molar-refractivity contribution in [3.8, 4) is 16.8 Å². The Hall–Kier alpha value is -3.67. The van der Waals surface area contributed by atoms with Crippen molar-refractivity contribution in [1.29, 1.82) is 0 Å². The van der Waals surface area contributed by atoms with Crippen LogP contribution in [-0.2, 0) is 6.18 Å². The molecule has 0 saturated carbocycles. The normalized spacial score (nSPS) is 12.0. The van der Waals surface area contributed by atoms with Gasteiger partial charge < -0.3 is 4.57 Å². The van der Waals surface area contributed by atoms with Crippen LogP contribution in [0.25, 0.3) is 38.6 Å². The zero-order chi connectivity index (χ0) is 20.9. The van der Waals surface area contributed by atoms with E-state index in [9.17, 15) is 13.2 Å². The van der Waals surface area contributed by atoms with Crippen LogP contribution in [0.3, 0.4) is 0 Å². The summed E-state index contributed by atoms with van der Waals surface area (Å²) in [6.07, 6.45) is 2.76. The third-order valence-corrected chi connectivity index (χ3v) is 5.34. The van der Waals surface area contributed by atoms with Gasteiger partial charge in [0.25, 0.3) is 0 Å². The van der Waals surface area contributed by atoms with Gasteiger partial charge in [-0.25, -0.2) is 0 Å². The monoisotopic (exact) mass is 403 g/mol. The predicted molar refractivity (Wildman–Crippen MR) is 112 cm³/mol. The fraction of sp³-hybridized carbons (Fsp3) is 0.0833. The summed E-state index contributed by atoms with van der Waals surface area (Å²) < 4.78 is 41.5. The minimum Gasteiger partial charge on any atom is -0.309 e. The van der Waals surface area contributed by atoms with Crippen molar-refractivity contribution >= 4 is 21.8 Å². The number of pyridine rings is 2. The molecule has 5 rings (SSSR count). The van der Waals surface area contributed by atoms with Gasteiger partial charge in [0.2, 0.25) is 0 Å². The lowest BCUT2D eigenvalue weighted by atomic mass is 9.98. The van der Waals surface area contributed by atoms with Gasteiger partial charge in [-0.3, -0.25) is 9.97 Å². The highest BCUT2D eigenvalue weighted by Gasteiger charge is 2.30. The van der Waals surface area contributed by atoms with E-state index in [0.717, 1.165) is 44.7 Å². The molecule has 3 nitrogen and oxygen atoms in total. The van der Waals surface area contributed by atoms with Crippen LogP contribution in [0.5, 0.6) is 0 Å². The van der Waals surface area contributed by atoms with Crippen LogP contribution in [0.2, 0.25) is 0 Å². The number of nitrogens with zero attached hydrogens (tertiary/aromatic N) is 3. The molecular weight excluding hydrogens is 387 g/mol. The number of hydrogen-bond acceptors (Lipinski definition) is 2. The zero-order valence-electron chi connectivity index (χ0n) is 16.0. The van der Waals surface area contributed by atoms with Gasteiger partial charge in [-0.2, -0.15) is 13.2 Å². The molecule has 0 atom stereocenters. The van der Waals surface area contributed by atoms with Gasteiger partial charge in [0.1, 0.15) is 0 Å². The number of halogens is 3. The maximum absolute atomic E-state index is 13.1. The highest BCUT2D eigenvalue weighted by atomic mass is 19.4. The molecule has 30 heavy (non-hydrogen) atoms. The molecule has 0 fully saturated rings. The zero-order valence-corrected chi connectivity index (χ0v) is 16.0. The number of rotatable bonds is 2.